The number of hydrogen-bond donors (Lipinski definition) is 0. The van der Waals surface area contributed by atoms with Gasteiger partial charge in [0.15, 0.2) is 0 Å². The Balaban J connectivity index is 2.97. The fraction of sp³-hybridized carbons (Fsp3) is 0.800. The molecule has 0 N–H and O–H groups in total. The topological polar surface area (TPSA) is 35.5 Å². The summed E-state index contributed by atoms with van der Waals surface area (Å²) in [5, 5.41) is 0. The molecule has 4 heteroatoms. The van der Waals surface area contributed by atoms with Crippen LogP contribution in [-0.4, -0.2) is 29.7 Å². The molecule has 0 aromatic rings. The highest BCUT2D eigenvalue weighted by atomic mass is 28.2. The fourth-order valence-corrected chi connectivity index (χ4v) is 0.508. The highest BCUT2D eigenvalue weighted by Crippen LogP contribution is 1.82. The van der Waals surface area contributed by atoms with Crippen LogP contribution in [0.25, 0.3) is 0 Å². The first-order chi connectivity index (χ1) is 4.31. The predicted molar refractivity (Wildman–Crippen MR) is 37.1 cm³/mol. The molecule has 0 fully saturated rings. The average molecular weight is 148 g/mol. The van der Waals surface area contributed by atoms with E-state index >= 15 is 0 Å². The van der Waals surface area contributed by atoms with Crippen molar-refractivity contribution in [3.8, 4) is 0 Å². The van der Waals surface area contributed by atoms with E-state index in [1.807, 2.05) is 0 Å². The Kier molecular flexibility index (Phi) is 5.55. The van der Waals surface area contributed by atoms with E-state index in [4.69, 9.17) is 4.43 Å². The first-order valence-corrected chi connectivity index (χ1v) is 3.77. The van der Waals surface area contributed by atoms with Crippen molar-refractivity contribution in [3.63, 3.8) is 0 Å². The van der Waals surface area contributed by atoms with E-state index in [1.54, 1.807) is 6.92 Å². The van der Waals surface area contributed by atoms with Crippen LogP contribution in [0.2, 0.25) is 0 Å². The molecular weight excluding hydrogens is 136 g/mol. The van der Waals surface area contributed by atoms with Gasteiger partial charge in [-0.2, -0.15) is 0 Å². The van der Waals surface area contributed by atoms with Crippen molar-refractivity contribution in [1.82, 2.24) is 0 Å². The summed E-state index contributed by atoms with van der Waals surface area (Å²) < 4.78 is 9.49. The molecule has 0 aliphatic carbocycles. The Morgan fingerprint density at radius 2 is 2.22 bits per heavy atom. The Labute approximate surface area is 57.9 Å². The van der Waals surface area contributed by atoms with Crippen LogP contribution in [0.1, 0.15) is 13.3 Å². The van der Waals surface area contributed by atoms with Crippen LogP contribution in [-0.2, 0) is 14.0 Å². The van der Waals surface area contributed by atoms with Gasteiger partial charge >= 0.3 is 5.97 Å². The molecule has 0 aromatic heterocycles. The lowest BCUT2D eigenvalue weighted by atomic mass is 10.5. The molecule has 0 atom stereocenters. The molecule has 0 aliphatic rings. The summed E-state index contributed by atoms with van der Waals surface area (Å²) in [4.78, 5) is 10.4. The standard InChI is InChI=1S/C5H12O3Si/c1-2-5(6)7-3-4-8-9/h2-4H2,1,9H3. The van der Waals surface area contributed by atoms with Crippen molar-refractivity contribution in [2.75, 3.05) is 13.2 Å². The van der Waals surface area contributed by atoms with Crippen LogP contribution < -0.4 is 0 Å². The number of carbonyl (C=O) groups is 1. The van der Waals surface area contributed by atoms with Gasteiger partial charge in [0.25, 0.3) is 0 Å². The first-order valence-electron chi connectivity index (χ1n) is 2.95. The summed E-state index contributed by atoms with van der Waals surface area (Å²) in [5.41, 5.74) is 0. The lowest BCUT2D eigenvalue weighted by Crippen LogP contribution is -2.08. The van der Waals surface area contributed by atoms with Crippen molar-refractivity contribution in [3.05, 3.63) is 0 Å². The molecule has 3 nitrogen and oxygen atoms in total. The van der Waals surface area contributed by atoms with E-state index in [0.29, 0.717) is 30.1 Å². The molecule has 0 amide bonds. The van der Waals surface area contributed by atoms with E-state index < -0.39 is 0 Å². The molecule has 0 aliphatic heterocycles. The third kappa shape index (κ3) is 5.52. The highest BCUT2D eigenvalue weighted by molar-refractivity contribution is 5.97. The average Bonchev–Trinajstić information content (AvgIpc) is 1.89. The molecule has 0 bridgehead atoms. The van der Waals surface area contributed by atoms with Crippen molar-refractivity contribution >= 4 is 16.5 Å². The number of ether oxygens (including phenoxy) is 1. The molecule has 0 spiro atoms. The first kappa shape index (κ1) is 8.65. The van der Waals surface area contributed by atoms with E-state index in [9.17, 15) is 4.79 Å². The zero-order valence-electron chi connectivity index (χ0n) is 5.85. The summed E-state index contributed by atoms with van der Waals surface area (Å²) >= 11 is 0. The monoisotopic (exact) mass is 148 g/mol. The Morgan fingerprint density at radius 1 is 1.56 bits per heavy atom. The lowest BCUT2D eigenvalue weighted by Gasteiger charge is -2.00. The highest BCUT2D eigenvalue weighted by Gasteiger charge is 1.94. The van der Waals surface area contributed by atoms with Crippen molar-refractivity contribution in [2.45, 2.75) is 13.3 Å². The summed E-state index contributed by atoms with van der Waals surface area (Å²) in [7, 11) is 0.709. The van der Waals surface area contributed by atoms with Gasteiger partial charge in [-0.1, -0.05) is 6.92 Å². The number of esters is 1. The Hall–Kier alpha value is -0.353. The van der Waals surface area contributed by atoms with Crippen LogP contribution in [0.15, 0.2) is 0 Å². The maximum atomic E-state index is 10.4. The molecule has 9 heavy (non-hydrogen) atoms. The van der Waals surface area contributed by atoms with Gasteiger partial charge in [0.05, 0.1) is 6.61 Å². The number of carbonyl (C=O) groups excluding carboxylic acids is 1. The molecule has 0 saturated carbocycles. The molecular formula is C5H12O3Si. The molecule has 0 unspecified atom stereocenters. The third-order valence-electron chi connectivity index (χ3n) is 0.839. The van der Waals surface area contributed by atoms with Gasteiger partial charge in [-0.25, -0.2) is 0 Å². The number of rotatable bonds is 4. The summed E-state index contributed by atoms with van der Waals surface area (Å²) in [6.45, 7) is 2.71. The van der Waals surface area contributed by atoms with E-state index in [2.05, 4.69) is 4.74 Å². The zero-order chi connectivity index (χ0) is 7.11. The van der Waals surface area contributed by atoms with Gasteiger partial charge < -0.3 is 9.16 Å². The maximum Gasteiger partial charge on any atom is 0.305 e. The van der Waals surface area contributed by atoms with Gasteiger partial charge in [0, 0.05) is 6.42 Å². The normalized spacial score (nSPS) is 9.44. The van der Waals surface area contributed by atoms with E-state index in [-0.39, 0.29) is 5.97 Å². The smallest absolute Gasteiger partial charge is 0.305 e. The largest absolute Gasteiger partial charge is 0.463 e. The van der Waals surface area contributed by atoms with Crippen LogP contribution in [0, 0.1) is 0 Å². The zero-order valence-corrected chi connectivity index (χ0v) is 7.85. The van der Waals surface area contributed by atoms with Crippen LogP contribution >= 0.6 is 0 Å². The minimum absolute atomic E-state index is 0.159. The minimum Gasteiger partial charge on any atom is -0.463 e. The fourth-order valence-electron chi connectivity index (χ4n) is 0.341. The van der Waals surface area contributed by atoms with Crippen LogP contribution in [0.3, 0.4) is 0 Å². The predicted octanol–water partition coefficient (Wildman–Crippen LogP) is -0.763. The summed E-state index contributed by atoms with van der Waals surface area (Å²) in [6.07, 6.45) is 0.446. The van der Waals surface area contributed by atoms with E-state index in [0.717, 1.165) is 0 Å². The van der Waals surface area contributed by atoms with Gasteiger partial charge in [0.2, 0.25) is 0 Å². The van der Waals surface area contributed by atoms with E-state index in [1.165, 1.54) is 0 Å². The minimum atomic E-state index is -0.159. The molecule has 0 saturated heterocycles. The third-order valence-corrected chi connectivity index (χ3v) is 1.25. The second kappa shape index (κ2) is 5.78. The van der Waals surface area contributed by atoms with Gasteiger partial charge in [-0.15, -0.1) is 0 Å². The van der Waals surface area contributed by atoms with Gasteiger partial charge in [-0.05, 0) is 0 Å². The lowest BCUT2D eigenvalue weighted by molar-refractivity contribution is -0.143. The second-order valence-electron chi connectivity index (χ2n) is 1.57. The summed E-state index contributed by atoms with van der Waals surface area (Å²) in [5.74, 6) is -0.159. The molecule has 0 heterocycles. The van der Waals surface area contributed by atoms with Crippen LogP contribution in [0.4, 0.5) is 0 Å². The van der Waals surface area contributed by atoms with Gasteiger partial charge in [-0.3, -0.25) is 4.79 Å². The summed E-state index contributed by atoms with van der Waals surface area (Å²) in [6, 6.07) is 0. The molecule has 0 radical (unpaired) electrons. The quantitative estimate of drug-likeness (QED) is 0.298. The Bertz CT molecular complexity index is 84.3. The maximum absolute atomic E-state index is 10.4. The second-order valence-corrected chi connectivity index (χ2v) is 2.14. The number of hydrogen-bond acceptors (Lipinski definition) is 3. The van der Waals surface area contributed by atoms with Crippen LogP contribution in [0.5, 0.6) is 0 Å². The van der Waals surface area contributed by atoms with Crippen molar-refractivity contribution < 1.29 is 14.0 Å². The van der Waals surface area contributed by atoms with Gasteiger partial charge in [0.1, 0.15) is 17.1 Å². The molecule has 0 rings (SSSR count). The molecule has 0 aromatic carbocycles. The van der Waals surface area contributed by atoms with Crippen molar-refractivity contribution in [2.24, 2.45) is 0 Å². The SMILES string of the molecule is CCC(=O)OCCO[SiH3]. The Morgan fingerprint density at radius 3 is 2.67 bits per heavy atom. The molecule has 54 valence electrons. The van der Waals surface area contributed by atoms with Crippen molar-refractivity contribution in [1.29, 1.82) is 0 Å².